The van der Waals surface area contributed by atoms with E-state index >= 15 is 0 Å². The second-order valence-electron chi connectivity index (χ2n) is 3.61. The lowest BCUT2D eigenvalue weighted by molar-refractivity contribution is -0.0876. The quantitative estimate of drug-likeness (QED) is 0.671. The van der Waals surface area contributed by atoms with Crippen molar-refractivity contribution in [2.45, 2.75) is 11.7 Å². The molecule has 1 N–H and O–H groups in total. The van der Waals surface area contributed by atoms with E-state index in [1.54, 1.807) is 6.08 Å². The molecular weight excluding hydrogens is 176 g/mol. The topological polar surface area (TPSA) is 29.5 Å². The third-order valence-electron chi connectivity index (χ3n) is 2.72. The third kappa shape index (κ3) is 0.888. The van der Waals surface area contributed by atoms with Gasteiger partial charge in [-0.1, -0.05) is 36.4 Å². The fourth-order valence-electron chi connectivity index (χ4n) is 2.04. The monoisotopic (exact) mass is 186 g/mol. The van der Waals surface area contributed by atoms with Crippen LogP contribution < -0.4 is 4.74 Å². The normalized spacial score (nSPS) is 32.2. The van der Waals surface area contributed by atoms with E-state index in [1.165, 1.54) is 0 Å². The first-order valence-electron chi connectivity index (χ1n) is 4.66. The van der Waals surface area contributed by atoms with Gasteiger partial charge >= 0.3 is 0 Å². The highest BCUT2D eigenvalue weighted by Gasteiger charge is 2.44. The molecule has 1 aliphatic heterocycles. The molecule has 0 saturated heterocycles. The summed E-state index contributed by atoms with van der Waals surface area (Å²) in [6, 6.07) is 7.74. The van der Waals surface area contributed by atoms with E-state index in [2.05, 4.69) is 0 Å². The molecule has 1 aromatic rings. The first kappa shape index (κ1) is 7.83. The molecule has 0 spiro atoms. The van der Waals surface area contributed by atoms with Crippen LogP contribution >= 0.6 is 0 Å². The molecule has 2 heteroatoms. The van der Waals surface area contributed by atoms with Gasteiger partial charge in [0.2, 0.25) is 5.79 Å². The maximum Gasteiger partial charge on any atom is 0.238 e. The molecule has 2 aliphatic rings. The van der Waals surface area contributed by atoms with Crippen LogP contribution in [-0.4, -0.2) is 10.9 Å². The number of hydrogen-bond donors (Lipinski definition) is 1. The predicted molar refractivity (Wildman–Crippen MR) is 53.0 cm³/mol. The van der Waals surface area contributed by atoms with E-state index in [0.29, 0.717) is 0 Å². The van der Waals surface area contributed by atoms with Crippen molar-refractivity contribution < 1.29 is 9.84 Å². The van der Waals surface area contributed by atoms with E-state index < -0.39 is 5.79 Å². The molecule has 0 bridgehead atoms. The Morgan fingerprint density at radius 1 is 1.21 bits per heavy atom. The van der Waals surface area contributed by atoms with Crippen molar-refractivity contribution in [1.82, 2.24) is 0 Å². The number of para-hydroxylation sites is 1. The zero-order valence-electron chi connectivity index (χ0n) is 7.55. The molecule has 70 valence electrons. The van der Waals surface area contributed by atoms with E-state index in [4.69, 9.17) is 4.74 Å². The summed E-state index contributed by atoms with van der Waals surface area (Å²) in [5.41, 5.74) is 1.05. The Balaban J connectivity index is 2.18. The van der Waals surface area contributed by atoms with Crippen molar-refractivity contribution in [2.75, 3.05) is 0 Å². The highest BCUT2D eigenvalue weighted by Crippen LogP contribution is 2.45. The molecule has 1 heterocycles. The second-order valence-corrected chi connectivity index (χ2v) is 3.61. The predicted octanol–water partition coefficient (Wildman–Crippen LogP) is 1.98. The Bertz CT molecular complexity index is 434. The van der Waals surface area contributed by atoms with Crippen LogP contribution in [0, 0.1) is 0 Å². The maximum atomic E-state index is 10.2. The minimum absolute atomic E-state index is 0.0660. The molecule has 0 radical (unpaired) electrons. The SMILES string of the molecule is O[C@]12C=CC=C[C@H]1c1ccccc1O2. The number of allylic oxidation sites excluding steroid dienone is 2. The van der Waals surface area contributed by atoms with Gasteiger partial charge in [0.05, 0.1) is 5.92 Å². The number of hydrogen-bond acceptors (Lipinski definition) is 2. The Labute approximate surface area is 82.1 Å². The first-order valence-corrected chi connectivity index (χ1v) is 4.66. The number of aliphatic hydroxyl groups is 1. The van der Waals surface area contributed by atoms with E-state index in [1.807, 2.05) is 42.5 Å². The van der Waals surface area contributed by atoms with E-state index in [-0.39, 0.29) is 5.92 Å². The number of ether oxygens (including phenoxy) is 1. The lowest BCUT2D eigenvalue weighted by Gasteiger charge is -2.25. The van der Waals surface area contributed by atoms with Crippen molar-refractivity contribution in [1.29, 1.82) is 0 Å². The van der Waals surface area contributed by atoms with Crippen molar-refractivity contribution in [3.05, 3.63) is 54.1 Å². The van der Waals surface area contributed by atoms with Crippen LogP contribution in [0.25, 0.3) is 0 Å². The van der Waals surface area contributed by atoms with Crippen LogP contribution in [0.3, 0.4) is 0 Å². The van der Waals surface area contributed by atoms with E-state index in [0.717, 1.165) is 11.3 Å². The molecule has 2 atom stereocenters. The average Bonchev–Trinajstić information content (AvgIpc) is 2.49. The van der Waals surface area contributed by atoms with Gasteiger partial charge in [-0.2, -0.15) is 0 Å². The fraction of sp³-hybridized carbons (Fsp3) is 0.167. The number of benzene rings is 1. The van der Waals surface area contributed by atoms with Crippen LogP contribution in [0.2, 0.25) is 0 Å². The molecule has 0 saturated carbocycles. The van der Waals surface area contributed by atoms with Gasteiger partial charge < -0.3 is 9.84 Å². The standard InChI is InChI=1S/C12H10O2/c13-12-8-4-3-6-10(12)9-5-1-2-7-11(9)14-12/h1-8,10,13H/t10-,12-/m0/s1. The lowest BCUT2D eigenvalue weighted by atomic mass is 9.89. The van der Waals surface area contributed by atoms with Crippen molar-refractivity contribution >= 4 is 0 Å². The summed E-state index contributed by atoms with van der Waals surface area (Å²) < 4.78 is 5.52. The van der Waals surface area contributed by atoms with Crippen LogP contribution in [-0.2, 0) is 0 Å². The Morgan fingerprint density at radius 2 is 2.07 bits per heavy atom. The van der Waals surface area contributed by atoms with Gasteiger partial charge in [0.1, 0.15) is 5.75 Å². The maximum absolute atomic E-state index is 10.2. The minimum atomic E-state index is -1.17. The summed E-state index contributed by atoms with van der Waals surface area (Å²) in [6.45, 7) is 0. The van der Waals surface area contributed by atoms with Gasteiger partial charge in [-0.25, -0.2) is 0 Å². The Kier molecular flexibility index (Phi) is 1.39. The van der Waals surface area contributed by atoms with E-state index in [9.17, 15) is 5.11 Å². The van der Waals surface area contributed by atoms with Gasteiger partial charge in [-0.15, -0.1) is 0 Å². The summed E-state index contributed by atoms with van der Waals surface area (Å²) in [5, 5.41) is 10.2. The molecule has 2 nitrogen and oxygen atoms in total. The Hall–Kier alpha value is -1.54. The zero-order valence-corrected chi connectivity index (χ0v) is 7.55. The molecule has 0 aromatic heterocycles. The summed E-state index contributed by atoms with van der Waals surface area (Å²) in [6.07, 6.45) is 7.40. The summed E-state index contributed by atoms with van der Waals surface area (Å²) in [4.78, 5) is 0. The molecule has 1 aliphatic carbocycles. The van der Waals surface area contributed by atoms with Crippen molar-refractivity contribution in [3.63, 3.8) is 0 Å². The second kappa shape index (κ2) is 2.49. The van der Waals surface area contributed by atoms with Gasteiger partial charge in [-0.3, -0.25) is 0 Å². The molecular formula is C12H10O2. The summed E-state index contributed by atoms with van der Waals surface area (Å²) >= 11 is 0. The first-order chi connectivity index (χ1) is 6.80. The average molecular weight is 186 g/mol. The fourth-order valence-corrected chi connectivity index (χ4v) is 2.04. The molecule has 0 fully saturated rings. The highest BCUT2D eigenvalue weighted by atomic mass is 16.6. The minimum Gasteiger partial charge on any atom is -0.458 e. The molecule has 0 amide bonds. The molecule has 3 rings (SSSR count). The lowest BCUT2D eigenvalue weighted by Crippen LogP contribution is -2.35. The largest absolute Gasteiger partial charge is 0.458 e. The van der Waals surface area contributed by atoms with Crippen LogP contribution in [0.15, 0.2) is 48.6 Å². The zero-order chi connectivity index (χ0) is 9.60. The van der Waals surface area contributed by atoms with Gasteiger partial charge in [-0.05, 0) is 12.1 Å². The molecule has 14 heavy (non-hydrogen) atoms. The van der Waals surface area contributed by atoms with Crippen LogP contribution in [0.1, 0.15) is 11.5 Å². The van der Waals surface area contributed by atoms with Crippen LogP contribution in [0.4, 0.5) is 0 Å². The smallest absolute Gasteiger partial charge is 0.238 e. The third-order valence-corrected chi connectivity index (χ3v) is 2.72. The highest BCUT2D eigenvalue weighted by molar-refractivity contribution is 5.48. The molecule has 0 unspecified atom stereocenters. The Morgan fingerprint density at radius 3 is 3.00 bits per heavy atom. The summed E-state index contributed by atoms with van der Waals surface area (Å²) in [5.74, 6) is -0.460. The number of rotatable bonds is 0. The summed E-state index contributed by atoms with van der Waals surface area (Å²) in [7, 11) is 0. The van der Waals surface area contributed by atoms with Gasteiger partial charge in [0.25, 0.3) is 0 Å². The van der Waals surface area contributed by atoms with Gasteiger partial charge in [0, 0.05) is 5.56 Å². The van der Waals surface area contributed by atoms with Crippen molar-refractivity contribution in [2.24, 2.45) is 0 Å². The van der Waals surface area contributed by atoms with Crippen molar-refractivity contribution in [3.8, 4) is 5.75 Å². The van der Waals surface area contributed by atoms with Gasteiger partial charge in [0.15, 0.2) is 0 Å². The molecule has 1 aromatic carbocycles. The van der Waals surface area contributed by atoms with Crippen LogP contribution in [0.5, 0.6) is 5.75 Å². The number of fused-ring (bicyclic) bond motifs is 3.